The number of rotatable bonds is 4. The molecule has 0 spiro atoms. The van der Waals surface area contributed by atoms with Crippen LogP contribution in [0, 0.1) is 10.8 Å². The Bertz CT molecular complexity index is 1460. The van der Waals surface area contributed by atoms with E-state index in [9.17, 15) is 14.4 Å². The highest BCUT2D eigenvalue weighted by Gasteiger charge is 2.87. The minimum Gasteiger partial charge on any atom is -0.425 e. The molecule has 0 saturated heterocycles. The second-order valence-corrected chi connectivity index (χ2v) is 8.92. The maximum atomic E-state index is 14.0. The van der Waals surface area contributed by atoms with E-state index in [1.807, 2.05) is 42.5 Å². The average Bonchev–Trinajstić information content (AvgIpc) is 3.46. The lowest BCUT2D eigenvalue weighted by Crippen LogP contribution is -2.39. The van der Waals surface area contributed by atoms with E-state index in [4.69, 9.17) is 4.74 Å². The molecule has 0 radical (unpaired) electrons. The molecule has 3 atom stereocenters. The number of ether oxygens (including phenoxy) is 1. The van der Waals surface area contributed by atoms with Crippen molar-refractivity contribution in [2.45, 2.75) is 12.8 Å². The van der Waals surface area contributed by atoms with Crippen LogP contribution >= 0.6 is 0 Å². The highest BCUT2D eigenvalue weighted by Crippen LogP contribution is 2.79. The Morgan fingerprint density at radius 1 is 0.727 bits per heavy atom. The molecular formula is C29H20O4. The number of carbonyl (C=O) groups is 3. The molecule has 4 aromatic carbocycles. The van der Waals surface area contributed by atoms with E-state index in [0.717, 1.165) is 16.3 Å². The van der Waals surface area contributed by atoms with Crippen LogP contribution in [0.15, 0.2) is 97.1 Å². The highest BCUT2D eigenvalue weighted by molar-refractivity contribution is 6.26. The summed E-state index contributed by atoms with van der Waals surface area (Å²) < 4.78 is 5.81. The van der Waals surface area contributed by atoms with Crippen molar-refractivity contribution in [2.75, 3.05) is 0 Å². The third kappa shape index (κ3) is 2.38. The summed E-state index contributed by atoms with van der Waals surface area (Å²) in [6, 6.07) is 29.0. The van der Waals surface area contributed by atoms with Crippen molar-refractivity contribution in [1.29, 1.82) is 0 Å². The number of hydrogen-bond acceptors (Lipinski definition) is 4. The normalized spacial score (nSPS) is 25.0. The summed E-state index contributed by atoms with van der Waals surface area (Å²) in [6.45, 7) is 1.74. The van der Waals surface area contributed by atoms with Gasteiger partial charge in [0.05, 0.1) is 5.41 Å². The molecule has 1 aliphatic heterocycles. The van der Waals surface area contributed by atoms with Gasteiger partial charge in [-0.1, -0.05) is 97.9 Å². The first-order valence-corrected chi connectivity index (χ1v) is 10.9. The van der Waals surface area contributed by atoms with Gasteiger partial charge in [0.15, 0.2) is 17.0 Å². The van der Waals surface area contributed by atoms with E-state index in [0.29, 0.717) is 16.9 Å². The van der Waals surface area contributed by atoms with Gasteiger partial charge in [-0.05, 0) is 16.8 Å². The summed E-state index contributed by atoms with van der Waals surface area (Å²) >= 11 is 0. The predicted octanol–water partition coefficient (Wildman–Crippen LogP) is 5.61. The lowest BCUT2D eigenvalue weighted by atomic mass is 9.82. The molecule has 6 rings (SSSR count). The minimum atomic E-state index is -1.61. The Labute approximate surface area is 190 Å². The topological polar surface area (TPSA) is 60.4 Å². The van der Waals surface area contributed by atoms with Crippen LogP contribution in [0.2, 0.25) is 0 Å². The zero-order valence-corrected chi connectivity index (χ0v) is 17.9. The quantitative estimate of drug-likeness (QED) is 0.182. The summed E-state index contributed by atoms with van der Waals surface area (Å²) in [6.07, 6.45) is 0. The van der Waals surface area contributed by atoms with Gasteiger partial charge in [0, 0.05) is 22.6 Å². The molecule has 0 unspecified atom stereocenters. The van der Waals surface area contributed by atoms with Crippen LogP contribution in [0.1, 0.15) is 39.1 Å². The largest absolute Gasteiger partial charge is 0.425 e. The first kappa shape index (κ1) is 19.6. The van der Waals surface area contributed by atoms with Crippen molar-refractivity contribution in [3.63, 3.8) is 0 Å². The first-order valence-electron chi connectivity index (χ1n) is 10.9. The summed E-state index contributed by atoms with van der Waals surface area (Å²) in [4.78, 5) is 41.6. The fourth-order valence-corrected chi connectivity index (χ4v) is 5.77. The Morgan fingerprint density at radius 3 is 1.97 bits per heavy atom. The Hall–Kier alpha value is -4.05. The van der Waals surface area contributed by atoms with Crippen molar-refractivity contribution in [1.82, 2.24) is 0 Å². The number of ketones is 2. The van der Waals surface area contributed by atoms with E-state index in [-0.39, 0.29) is 11.6 Å². The van der Waals surface area contributed by atoms with Crippen molar-refractivity contribution in [3.05, 3.63) is 114 Å². The number of benzene rings is 4. The van der Waals surface area contributed by atoms with Crippen LogP contribution in [0.25, 0.3) is 10.8 Å². The second-order valence-electron chi connectivity index (χ2n) is 8.92. The van der Waals surface area contributed by atoms with Gasteiger partial charge in [0.2, 0.25) is 0 Å². The number of fused-ring (bicyclic) bond motifs is 5. The van der Waals surface area contributed by atoms with Crippen molar-refractivity contribution in [2.24, 2.45) is 10.8 Å². The third-order valence-electron chi connectivity index (χ3n) is 7.39. The summed E-state index contributed by atoms with van der Waals surface area (Å²) in [5.41, 5.74) is -1.26. The van der Waals surface area contributed by atoms with Crippen molar-refractivity contribution in [3.8, 4) is 5.75 Å². The maximum Gasteiger partial charge on any atom is 0.327 e. The zero-order chi connectivity index (χ0) is 22.8. The van der Waals surface area contributed by atoms with Crippen LogP contribution in [0.3, 0.4) is 0 Å². The molecule has 1 heterocycles. The fourth-order valence-electron chi connectivity index (χ4n) is 5.77. The molecule has 1 aliphatic carbocycles. The second kappa shape index (κ2) is 6.72. The van der Waals surface area contributed by atoms with E-state index < -0.39 is 22.7 Å². The van der Waals surface area contributed by atoms with Gasteiger partial charge < -0.3 is 4.74 Å². The van der Waals surface area contributed by atoms with Crippen molar-refractivity contribution < 1.29 is 19.1 Å². The fraction of sp³-hybridized carbons (Fsp3) is 0.138. The lowest BCUT2D eigenvalue weighted by molar-refractivity contribution is -0.140. The van der Waals surface area contributed by atoms with Gasteiger partial charge >= 0.3 is 5.97 Å². The molecule has 2 aliphatic rings. The van der Waals surface area contributed by atoms with Gasteiger partial charge in [0.25, 0.3) is 0 Å². The molecule has 0 N–H and O–H groups in total. The van der Waals surface area contributed by atoms with E-state index >= 15 is 0 Å². The molecule has 0 bridgehead atoms. The van der Waals surface area contributed by atoms with E-state index in [1.54, 1.807) is 61.5 Å². The van der Waals surface area contributed by atoms with Crippen molar-refractivity contribution >= 4 is 28.3 Å². The van der Waals surface area contributed by atoms with E-state index in [2.05, 4.69) is 0 Å². The summed E-state index contributed by atoms with van der Waals surface area (Å²) in [7, 11) is 0. The summed E-state index contributed by atoms with van der Waals surface area (Å²) in [5.74, 6) is -1.45. The molecule has 0 amide bonds. The van der Waals surface area contributed by atoms with E-state index in [1.165, 1.54) is 0 Å². The standard InChI is InChI=1S/C29H20O4/c1-28(25(30)19-11-4-2-5-12-19)24-23-21-15-9-8-10-18(21)16-17-22(23)33-27(32)29(24,28)26(31)20-13-6-3-7-14-20/h2-17,24H,1H3/t24-,28+,29-/m0/s1. The predicted molar refractivity (Wildman–Crippen MR) is 124 cm³/mol. The number of Topliss-reactive ketones (excluding diaryl/α,β-unsaturated/α-hetero) is 2. The lowest BCUT2D eigenvalue weighted by Gasteiger charge is -2.24. The van der Waals surface area contributed by atoms with Crippen LogP contribution < -0.4 is 4.74 Å². The molecular weight excluding hydrogens is 412 g/mol. The Balaban J connectivity index is 1.64. The molecule has 0 aromatic heterocycles. The number of hydrogen-bond donors (Lipinski definition) is 0. The number of carbonyl (C=O) groups excluding carboxylic acids is 3. The SMILES string of the molecule is C[C@]1(C(=O)c2ccccc2)[C@@H]2c3c(ccc4ccccc34)OC(=O)[C@@]21C(=O)c1ccccc1. The molecule has 4 heteroatoms. The molecule has 1 saturated carbocycles. The monoisotopic (exact) mass is 432 g/mol. The van der Waals surface area contributed by atoms with Gasteiger partial charge in [-0.15, -0.1) is 0 Å². The van der Waals surface area contributed by atoms with Gasteiger partial charge in [0.1, 0.15) is 5.75 Å². The maximum absolute atomic E-state index is 14.0. The molecule has 4 aromatic rings. The molecule has 4 nitrogen and oxygen atoms in total. The van der Waals surface area contributed by atoms with Crippen LogP contribution in [0.5, 0.6) is 5.75 Å². The minimum absolute atomic E-state index is 0.227. The smallest absolute Gasteiger partial charge is 0.327 e. The van der Waals surface area contributed by atoms with Crippen LogP contribution in [-0.2, 0) is 4.79 Å². The van der Waals surface area contributed by atoms with Gasteiger partial charge in [-0.2, -0.15) is 0 Å². The average molecular weight is 432 g/mol. The zero-order valence-electron chi connectivity index (χ0n) is 17.9. The Kier molecular flexibility index (Phi) is 4.00. The van der Waals surface area contributed by atoms with Gasteiger partial charge in [-0.25, -0.2) is 0 Å². The Morgan fingerprint density at radius 2 is 1.30 bits per heavy atom. The first-order chi connectivity index (χ1) is 16.0. The van der Waals surface area contributed by atoms with Gasteiger partial charge in [-0.3, -0.25) is 14.4 Å². The number of esters is 1. The van der Waals surface area contributed by atoms with Crippen LogP contribution in [-0.4, -0.2) is 17.5 Å². The van der Waals surface area contributed by atoms with Crippen LogP contribution in [0.4, 0.5) is 0 Å². The molecule has 160 valence electrons. The molecule has 1 fully saturated rings. The molecule has 33 heavy (non-hydrogen) atoms. The summed E-state index contributed by atoms with van der Waals surface area (Å²) in [5, 5.41) is 1.86. The third-order valence-corrected chi connectivity index (χ3v) is 7.39. The highest BCUT2D eigenvalue weighted by atomic mass is 16.5.